The fourth-order valence-electron chi connectivity index (χ4n) is 0.823. The van der Waals surface area contributed by atoms with E-state index in [1.54, 1.807) is 6.07 Å². The number of nitrogens with zero attached hydrogens (tertiary/aromatic N) is 2. The maximum atomic E-state index is 5.45. The minimum atomic E-state index is -0.117. The first-order valence-corrected chi connectivity index (χ1v) is 3.74. The molecule has 0 spiro atoms. The summed E-state index contributed by atoms with van der Waals surface area (Å²) in [4.78, 5) is 7.62. The molecular weight excluding hydrogens is 166 g/mol. The number of anilines is 3. The first-order valence-electron chi connectivity index (χ1n) is 3.74. The lowest BCUT2D eigenvalue weighted by Crippen LogP contribution is -2.14. The number of hydrogen-bond donors (Lipinski definition) is 3. The van der Waals surface area contributed by atoms with Crippen molar-refractivity contribution < 1.29 is 0 Å². The molecule has 13 heavy (non-hydrogen) atoms. The number of nitrogen functional groups attached to an aromatic ring is 2. The summed E-state index contributed by atoms with van der Waals surface area (Å²) >= 11 is 0. The Bertz CT molecular complexity index is 321. The highest BCUT2D eigenvalue weighted by molar-refractivity contribution is 5.49. The van der Waals surface area contributed by atoms with Gasteiger partial charge in [-0.15, -0.1) is 6.42 Å². The molecule has 1 atom stereocenters. The topological polar surface area (TPSA) is 89.8 Å². The van der Waals surface area contributed by atoms with E-state index in [4.69, 9.17) is 17.9 Å². The van der Waals surface area contributed by atoms with Crippen molar-refractivity contribution in [3.63, 3.8) is 0 Å². The zero-order chi connectivity index (χ0) is 9.84. The van der Waals surface area contributed by atoms with Gasteiger partial charge in [-0.1, -0.05) is 5.92 Å². The summed E-state index contributed by atoms with van der Waals surface area (Å²) in [7, 11) is 0. The third kappa shape index (κ3) is 2.52. The number of nitrogens with one attached hydrogen (secondary N) is 1. The van der Waals surface area contributed by atoms with Gasteiger partial charge in [0.05, 0.1) is 6.04 Å². The highest BCUT2D eigenvalue weighted by Gasteiger charge is 2.01. The predicted molar refractivity (Wildman–Crippen MR) is 52.8 cm³/mol. The van der Waals surface area contributed by atoms with Gasteiger partial charge in [-0.05, 0) is 6.92 Å². The number of aromatic nitrogens is 2. The van der Waals surface area contributed by atoms with Crippen LogP contribution in [0.15, 0.2) is 6.07 Å². The number of nitrogens with two attached hydrogens (primary N) is 2. The van der Waals surface area contributed by atoms with E-state index in [9.17, 15) is 0 Å². The summed E-state index contributed by atoms with van der Waals surface area (Å²) in [5, 5.41) is 2.93. The zero-order valence-electron chi connectivity index (χ0n) is 7.28. The molecule has 5 N–H and O–H groups in total. The molecule has 1 aromatic heterocycles. The molecule has 68 valence electrons. The van der Waals surface area contributed by atoms with E-state index in [2.05, 4.69) is 21.2 Å². The summed E-state index contributed by atoms with van der Waals surface area (Å²) in [6.07, 6.45) is 5.18. The van der Waals surface area contributed by atoms with Crippen LogP contribution >= 0.6 is 0 Å². The molecule has 0 aliphatic carbocycles. The van der Waals surface area contributed by atoms with Crippen molar-refractivity contribution in [1.82, 2.24) is 9.97 Å². The molecule has 0 radical (unpaired) electrons. The van der Waals surface area contributed by atoms with E-state index >= 15 is 0 Å². The molecule has 1 rings (SSSR count). The lowest BCUT2D eigenvalue weighted by Gasteiger charge is -2.08. The van der Waals surface area contributed by atoms with Gasteiger partial charge in [-0.25, -0.2) is 0 Å². The van der Waals surface area contributed by atoms with Gasteiger partial charge in [-0.2, -0.15) is 9.97 Å². The normalized spacial score (nSPS) is 11.7. The van der Waals surface area contributed by atoms with Crippen LogP contribution in [0.1, 0.15) is 6.92 Å². The third-order valence-electron chi connectivity index (χ3n) is 1.38. The average Bonchev–Trinajstić information content (AvgIpc) is 2.02. The van der Waals surface area contributed by atoms with Crippen molar-refractivity contribution in [3.05, 3.63) is 6.07 Å². The number of terminal acetylenes is 1. The molecule has 0 amide bonds. The van der Waals surface area contributed by atoms with E-state index < -0.39 is 0 Å². The molecule has 0 saturated heterocycles. The average molecular weight is 177 g/mol. The maximum Gasteiger partial charge on any atom is 0.223 e. The molecule has 0 bridgehead atoms. The molecule has 5 nitrogen and oxygen atoms in total. The lowest BCUT2D eigenvalue weighted by atomic mass is 10.3. The van der Waals surface area contributed by atoms with Crippen molar-refractivity contribution in [2.45, 2.75) is 13.0 Å². The van der Waals surface area contributed by atoms with Gasteiger partial charge in [0.2, 0.25) is 5.95 Å². The maximum absolute atomic E-state index is 5.45. The van der Waals surface area contributed by atoms with Crippen molar-refractivity contribution in [1.29, 1.82) is 0 Å². The molecule has 0 aromatic carbocycles. The number of rotatable bonds is 2. The first-order chi connectivity index (χ1) is 6.11. The van der Waals surface area contributed by atoms with E-state index in [1.807, 2.05) is 6.92 Å². The van der Waals surface area contributed by atoms with Crippen molar-refractivity contribution in [2.24, 2.45) is 0 Å². The van der Waals surface area contributed by atoms with Crippen LogP contribution in [0.25, 0.3) is 0 Å². The molecule has 1 aromatic rings. The van der Waals surface area contributed by atoms with Gasteiger partial charge in [0, 0.05) is 6.07 Å². The summed E-state index contributed by atoms with van der Waals surface area (Å²) in [5.74, 6) is 3.49. The summed E-state index contributed by atoms with van der Waals surface area (Å²) in [6.45, 7) is 1.83. The second-order valence-corrected chi connectivity index (χ2v) is 2.57. The van der Waals surface area contributed by atoms with E-state index in [0.717, 1.165) is 0 Å². The van der Waals surface area contributed by atoms with Crippen molar-refractivity contribution in [2.75, 3.05) is 16.8 Å². The monoisotopic (exact) mass is 177 g/mol. The summed E-state index contributed by atoms with van der Waals surface area (Å²) in [5.41, 5.74) is 10.8. The van der Waals surface area contributed by atoms with E-state index in [1.165, 1.54) is 0 Å². The Morgan fingerprint density at radius 1 is 1.54 bits per heavy atom. The fourth-order valence-corrected chi connectivity index (χ4v) is 0.823. The third-order valence-corrected chi connectivity index (χ3v) is 1.38. The quantitative estimate of drug-likeness (QED) is 0.556. The molecule has 1 unspecified atom stereocenters. The van der Waals surface area contributed by atoms with Gasteiger partial charge < -0.3 is 16.8 Å². The molecule has 0 aliphatic heterocycles. The smallest absolute Gasteiger partial charge is 0.223 e. The zero-order valence-corrected chi connectivity index (χ0v) is 7.28. The second-order valence-electron chi connectivity index (χ2n) is 2.57. The number of hydrogen-bond acceptors (Lipinski definition) is 5. The predicted octanol–water partition coefficient (Wildman–Crippen LogP) is 0.0746. The Morgan fingerprint density at radius 2 is 2.23 bits per heavy atom. The summed E-state index contributed by atoms with van der Waals surface area (Å²) in [6, 6.07) is 1.46. The fraction of sp³-hybridized carbons (Fsp3) is 0.250. The van der Waals surface area contributed by atoms with Crippen molar-refractivity contribution >= 4 is 17.6 Å². The molecule has 5 heteroatoms. The lowest BCUT2D eigenvalue weighted by molar-refractivity contribution is 1.01. The van der Waals surface area contributed by atoms with Crippen LogP contribution in [-0.4, -0.2) is 16.0 Å². The molecular formula is C8H11N5. The molecule has 0 aliphatic rings. The highest BCUT2D eigenvalue weighted by Crippen LogP contribution is 2.09. The van der Waals surface area contributed by atoms with E-state index in [-0.39, 0.29) is 12.0 Å². The van der Waals surface area contributed by atoms with Crippen LogP contribution < -0.4 is 16.8 Å². The first kappa shape index (κ1) is 9.13. The van der Waals surface area contributed by atoms with Gasteiger partial charge in [0.25, 0.3) is 0 Å². The Kier molecular flexibility index (Phi) is 2.55. The van der Waals surface area contributed by atoms with E-state index in [0.29, 0.717) is 11.6 Å². The van der Waals surface area contributed by atoms with Gasteiger partial charge in [0.15, 0.2) is 0 Å². The minimum absolute atomic E-state index is 0.117. The van der Waals surface area contributed by atoms with Crippen LogP contribution in [0.2, 0.25) is 0 Å². The molecule has 0 fully saturated rings. The Hall–Kier alpha value is -1.96. The van der Waals surface area contributed by atoms with Crippen LogP contribution in [-0.2, 0) is 0 Å². The highest BCUT2D eigenvalue weighted by atomic mass is 15.1. The minimum Gasteiger partial charge on any atom is -0.383 e. The largest absolute Gasteiger partial charge is 0.383 e. The Morgan fingerprint density at radius 3 is 2.77 bits per heavy atom. The van der Waals surface area contributed by atoms with Crippen molar-refractivity contribution in [3.8, 4) is 12.3 Å². The van der Waals surface area contributed by atoms with Crippen LogP contribution in [0.4, 0.5) is 17.6 Å². The van der Waals surface area contributed by atoms with Gasteiger partial charge in [-0.3, -0.25) is 0 Å². The van der Waals surface area contributed by atoms with Gasteiger partial charge in [0.1, 0.15) is 11.6 Å². The van der Waals surface area contributed by atoms with Crippen LogP contribution in [0, 0.1) is 12.3 Å². The summed E-state index contributed by atoms with van der Waals surface area (Å²) < 4.78 is 0. The van der Waals surface area contributed by atoms with Gasteiger partial charge >= 0.3 is 0 Å². The van der Waals surface area contributed by atoms with Crippen LogP contribution in [0.5, 0.6) is 0 Å². The SMILES string of the molecule is C#CC(C)Nc1cc(N)nc(N)n1. The molecule has 0 saturated carbocycles. The Labute approximate surface area is 76.6 Å². The molecule has 1 heterocycles. The standard InChI is InChI=1S/C8H11N5/c1-3-5(2)11-7-4-6(9)12-8(10)13-7/h1,4-5H,2H3,(H5,9,10,11,12,13). The Balaban J connectivity index is 2.84. The van der Waals surface area contributed by atoms with Crippen LogP contribution in [0.3, 0.4) is 0 Å². The second kappa shape index (κ2) is 3.63.